The molecular weight excluding hydrogens is 484 g/mol. The Labute approximate surface area is 215 Å². The van der Waals surface area contributed by atoms with E-state index in [4.69, 9.17) is 9.47 Å². The van der Waals surface area contributed by atoms with Crippen LogP contribution in [0.5, 0.6) is 5.88 Å². The molecule has 1 N–H and O–H groups in total. The molecule has 1 aromatic rings. The molecule has 3 fully saturated rings. The highest BCUT2D eigenvalue weighted by Crippen LogP contribution is 2.23. The first kappa shape index (κ1) is 29.8. The van der Waals surface area contributed by atoms with Gasteiger partial charge in [-0.15, -0.1) is 13.2 Å². The smallest absolute Gasteiger partial charge is 0.410 e. The lowest BCUT2D eigenvalue weighted by Gasteiger charge is -2.29. The van der Waals surface area contributed by atoms with Gasteiger partial charge in [-0.1, -0.05) is 6.42 Å². The number of aliphatic hydroxyl groups is 1. The van der Waals surface area contributed by atoms with Crippen molar-refractivity contribution >= 4 is 21.7 Å². The molecule has 0 unspecified atom stereocenters. The maximum atomic E-state index is 11.4. The molecule has 2 aliphatic heterocycles. The lowest BCUT2D eigenvalue weighted by Crippen LogP contribution is -2.41. The standard InChI is InChI=1S/C14H21N3O3S.C9H17NO3.C2H4/c18-21(19)8-6-17(7-9-21)13-10-16-14(11-15-13)20-12-4-2-1-3-5-12;1-7(2)13-9(12)10-5-3-8(11)4-6-10;1-2/h10-12H,1-9H2;7-8,11H,3-6H2,1-2H3;1-2H2. The minimum atomic E-state index is -2.87. The Morgan fingerprint density at radius 3 is 2.14 bits per heavy atom. The number of rotatable bonds is 4. The Bertz CT molecular complexity index is 868. The van der Waals surface area contributed by atoms with Crippen LogP contribution in [0.4, 0.5) is 10.6 Å². The Hall–Kier alpha value is -2.40. The molecule has 36 heavy (non-hydrogen) atoms. The minimum Gasteiger partial charge on any atom is -0.473 e. The van der Waals surface area contributed by atoms with Crippen LogP contribution in [0, 0.1) is 0 Å². The summed E-state index contributed by atoms with van der Waals surface area (Å²) >= 11 is 0. The summed E-state index contributed by atoms with van der Waals surface area (Å²) in [5.74, 6) is 1.67. The molecular formula is C25H42N4O6S. The van der Waals surface area contributed by atoms with Crippen LogP contribution in [0.1, 0.15) is 58.8 Å². The Morgan fingerprint density at radius 2 is 1.61 bits per heavy atom. The molecule has 204 valence electrons. The van der Waals surface area contributed by atoms with Gasteiger partial charge in [-0.2, -0.15) is 0 Å². The van der Waals surface area contributed by atoms with Crippen molar-refractivity contribution in [2.24, 2.45) is 0 Å². The summed E-state index contributed by atoms with van der Waals surface area (Å²) in [6.07, 6.45) is 10.2. The average Bonchev–Trinajstić information content (AvgIpc) is 2.87. The number of anilines is 1. The van der Waals surface area contributed by atoms with Gasteiger partial charge in [0, 0.05) is 26.2 Å². The van der Waals surface area contributed by atoms with Gasteiger partial charge in [-0.25, -0.2) is 23.2 Å². The molecule has 0 aromatic carbocycles. The van der Waals surface area contributed by atoms with Crippen molar-refractivity contribution in [2.45, 2.75) is 77.1 Å². The lowest BCUT2D eigenvalue weighted by atomic mass is 9.98. The topological polar surface area (TPSA) is 122 Å². The molecule has 2 saturated heterocycles. The van der Waals surface area contributed by atoms with Crippen molar-refractivity contribution in [3.05, 3.63) is 25.6 Å². The average molecular weight is 527 g/mol. The summed E-state index contributed by atoms with van der Waals surface area (Å²) in [6.45, 7) is 11.8. The molecule has 11 heteroatoms. The molecule has 0 radical (unpaired) electrons. The van der Waals surface area contributed by atoms with E-state index in [2.05, 4.69) is 23.1 Å². The molecule has 0 bridgehead atoms. The molecule has 1 saturated carbocycles. The van der Waals surface area contributed by atoms with Gasteiger partial charge in [0.1, 0.15) is 11.9 Å². The van der Waals surface area contributed by atoms with E-state index < -0.39 is 9.84 Å². The van der Waals surface area contributed by atoms with Crippen LogP contribution in [0.25, 0.3) is 0 Å². The summed E-state index contributed by atoms with van der Waals surface area (Å²) in [4.78, 5) is 23.6. The third-order valence-electron chi connectivity index (χ3n) is 6.18. The SMILES string of the molecule is C=C.CC(C)OC(=O)N1CCC(O)CC1.O=S1(=O)CCN(c2cnc(OC3CCCCC3)cn2)CC1. The third-order valence-corrected chi connectivity index (χ3v) is 7.79. The largest absolute Gasteiger partial charge is 0.473 e. The van der Waals surface area contributed by atoms with Gasteiger partial charge in [0.2, 0.25) is 5.88 Å². The van der Waals surface area contributed by atoms with Crippen LogP contribution < -0.4 is 9.64 Å². The predicted molar refractivity (Wildman–Crippen MR) is 140 cm³/mol. The number of aliphatic hydroxyl groups excluding tert-OH is 1. The molecule has 0 spiro atoms. The normalized spacial score (nSPS) is 20.4. The zero-order chi connectivity index (χ0) is 26.6. The number of carbonyl (C=O) groups excluding carboxylic acids is 1. The first-order chi connectivity index (χ1) is 17.2. The quantitative estimate of drug-likeness (QED) is 0.589. The maximum Gasteiger partial charge on any atom is 0.410 e. The van der Waals surface area contributed by atoms with E-state index >= 15 is 0 Å². The summed E-state index contributed by atoms with van der Waals surface area (Å²) in [5, 5.41) is 9.21. The molecule has 4 rings (SSSR count). The number of piperidine rings is 1. The van der Waals surface area contributed by atoms with Gasteiger partial charge in [0.05, 0.1) is 36.1 Å². The second-order valence-corrected chi connectivity index (χ2v) is 11.7. The van der Waals surface area contributed by atoms with Crippen molar-refractivity contribution in [1.82, 2.24) is 14.9 Å². The van der Waals surface area contributed by atoms with Gasteiger partial charge in [-0.3, -0.25) is 0 Å². The lowest BCUT2D eigenvalue weighted by molar-refractivity contribution is 0.0457. The summed E-state index contributed by atoms with van der Waals surface area (Å²) in [5.41, 5.74) is 0. The number of hydrogen-bond acceptors (Lipinski definition) is 9. The fraction of sp³-hybridized carbons (Fsp3) is 0.720. The number of aromatic nitrogens is 2. The fourth-order valence-corrected chi connectivity index (χ4v) is 5.35. The van der Waals surface area contributed by atoms with Crippen LogP contribution in [-0.4, -0.2) is 90.5 Å². The van der Waals surface area contributed by atoms with Crippen LogP contribution in [0.3, 0.4) is 0 Å². The van der Waals surface area contributed by atoms with E-state index in [1.54, 1.807) is 17.3 Å². The molecule has 1 aliphatic carbocycles. The van der Waals surface area contributed by atoms with Crippen LogP contribution in [0.2, 0.25) is 0 Å². The zero-order valence-electron chi connectivity index (χ0n) is 21.7. The monoisotopic (exact) mass is 526 g/mol. The summed E-state index contributed by atoms with van der Waals surface area (Å²) in [7, 11) is -2.87. The van der Waals surface area contributed by atoms with E-state index in [9.17, 15) is 18.3 Å². The molecule has 3 aliphatic rings. The van der Waals surface area contributed by atoms with Crippen molar-refractivity contribution in [3.8, 4) is 5.88 Å². The van der Waals surface area contributed by atoms with Crippen molar-refractivity contribution < 1.29 is 27.8 Å². The highest BCUT2D eigenvalue weighted by Gasteiger charge is 2.24. The van der Waals surface area contributed by atoms with E-state index in [1.165, 1.54) is 19.3 Å². The number of nitrogens with zero attached hydrogens (tertiary/aromatic N) is 4. The Morgan fingerprint density at radius 1 is 1.00 bits per heavy atom. The zero-order valence-corrected chi connectivity index (χ0v) is 22.5. The summed E-state index contributed by atoms with van der Waals surface area (Å²) in [6, 6.07) is 0. The van der Waals surface area contributed by atoms with Gasteiger partial charge in [0.15, 0.2) is 9.84 Å². The molecule has 1 aromatic heterocycles. The van der Waals surface area contributed by atoms with E-state index in [1.807, 2.05) is 18.7 Å². The summed E-state index contributed by atoms with van der Waals surface area (Å²) < 4.78 is 33.7. The second kappa shape index (κ2) is 15.0. The van der Waals surface area contributed by atoms with E-state index in [-0.39, 0.29) is 35.9 Å². The Kier molecular flexibility index (Phi) is 12.4. The predicted octanol–water partition coefficient (Wildman–Crippen LogP) is 3.21. The number of sulfone groups is 1. The van der Waals surface area contributed by atoms with Gasteiger partial charge in [-0.05, 0) is 52.4 Å². The number of likely N-dealkylation sites (tertiary alicyclic amines) is 1. The number of ether oxygens (including phenoxy) is 2. The van der Waals surface area contributed by atoms with E-state index in [0.29, 0.717) is 44.9 Å². The van der Waals surface area contributed by atoms with Crippen LogP contribution >= 0.6 is 0 Å². The number of amides is 1. The minimum absolute atomic E-state index is 0.0700. The molecule has 10 nitrogen and oxygen atoms in total. The first-order valence-electron chi connectivity index (χ1n) is 12.8. The molecule has 1 amide bonds. The number of carbonyl (C=O) groups is 1. The Balaban J connectivity index is 0.000000262. The third kappa shape index (κ3) is 10.3. The van der Waals surface area contributed by atoms with Gasteiger partial charge in [0.25, 0.3) is 0 Å². The highest BCUT2D eigenvalue weighted by molar-refractivity contribution is 7.91. The van der Waals surface area contributed by atoms with Crippen molar-refractivity contribution in [2.75, 3.05) is 42.6 Å². The van der Waals surface area contributed by atoms with Gasteiger partial charge < -0.3 is 24.4 Å². The molecule has 0 atom stereocenters. The van der Waals surface area contributed by atoms with Crippen LogP contribution in [-0.2, 0) is 14.6 Å². The van der Waals surface area contributed by atoms with Crippen molar-refractivity contribution in [1.29, 1.82) is 0 Å². The number of hydrogen-bond donors (Lipinski definition) is 1. The highest BCUT2D eigenvalue weighted by atomic mass is 32.2. The van der Waals surface area contributed by atoms with Crippen LogP contribution in [0.15, 0.2) is 25.6 Å². The maximum absolute atomic E-state index is 11.4. The second-order valence-electron chi connectivity index (χ2n) is 9.38. The van der Waals surface area contributed by atoms with Gasteiger partial charge >= 0.3 is 6.09 Å². The van der Waals surface area contributed by atoms with Crippen molar-refractivity contribution in [3.63, 3.8) is 0 Å². The first-order valence-corrected chi connectivity index (χ1v) is 14.6. The molecule has 3 heterocycles. The van der Waals surface area contributed by atoms with E-state index in [0.717, 1.165) is 18.7 Å². The fourth-order valence-electron chi connectivity index (χ4n) is 4.15.